The van der Waals surface area contributed by atoms with Crippen molar-refractivity contribution in [3.05, 3.63) is 36.4 Å². The van der Waals surface area contributed by atoms with Crippen LogP contribution in [-0.4, -0.2) is 33.8 Å². The van der Waals surface area contributed by atoms with Gasteiger partial charge in [0.05, 0.1) is 0 Å². The Bertz CT molecular complexity index is 361. The van der Waals surface area contributed by atoms with Gasteiger partial charge in [-0.05, 0) is 24.3 Å². The molecule has 0 heterocycles. The van der Waals surface area contributed by atoms with Gasteiger partial charge in [0.2, 0.25) is 0 Å². The van der Waals surface area contributed by atoms with Gasteiger partial charge in [0.25, 0.3) is 0 Å². The van der Waals surface area contributed by atoms with Crippen molar-refractivity contribution in [1.29, 1.82) is 0 Å². The third-order valence-electron chi connectivity index (χ3n) is 2.40. The zero-order valence-corrected chi connectivity index (χ0v) is 11.0. The average molecular weight is 234 g/mol. The highest BCUT2D eigenvalue weighted by Gasteiger charge is 1.99. The predicted molar refractivity (Wildman–Crippen MR) is 73.9 cm³/mol. The van der Waals surface area contributed by atoms with E-state index in [0.717, 1.165) is 30.1 Å². The van der Waals surface area contributed by atoms with Crippen LogP contribution in [0.1, 0.15) is 6.92 Å². The summed E-state index contributed by atoms with van der Waals surface area (Å²) in [5.74, 6) is 0.883. The monoisotopic (exact) mass is 234 g/mol. The van der Waals surface area contributed by atoms with Crippen LogP contribution in [0.3, 0.4) is 0 Å². The Morgan fingerprint density at radius 1 is 1.41 bits per heavy atom. The second-order valence-electron chi connectivity index (χ2n) is 4.21. The Morgan fingerprint density at radius 2 is 2.18 bits per heavy atom. The molecule has 0 spiro atoms. The molecule has 1 N–H and O–H groups in total. The molecule has 3 nitrogen and oxygen atoms in total. The maximum absolute atomic E-state index is 5.69. The van der Waals surface area contributed by atoms with Gasteiger partial charge in [-0.3, -0.25) is 0 Å². The van der Waals surface area contributed by atoms with Crippen LogP contribution in [0.4, 0.5) is 5.69 Å². The number of ether oxygens (including phenoxy) is 1. The van der Waals surface area contributed by atoms with Crippen molar-refractivity contribution >= 4 is 5.69 Å². The summed E-state index contributed by atoms with van der Waals surface area (Å²) in [5, 5.41) is 3.23. The van der Waals surface area contributed by atoms with E-state index in [-0.39, 0.29) is 0 Å². The summed E-state index contributed by atoms with van der Waals surface area (Å²) in [6.07, 6.45) is 0. The standard InChI is InChI=1S/C14H22N2O/c1-5-15-10-12(2)11-17-14-8-6-7-13(9-14)16(3)4/h6-9,15H,2,5,10-11H2,1,3-4H3. The zero-order chi connectivity index (χ0) is 12.7. The van der Waals surface area contributed by atoms with Crippen molar-refractivity contribution in [3.63, 3.8) is 0 Å². The minimum Gasteiger partial charge on any atom is -0.489 e. The second kappa shape index (κ2) is 6.97. The molecule has 1 rings (SSSR count). The van der Waals surface area contributed by atoms with Gasteiger partial charge < -0.3 is 15.0 Å². The Morgan fingerprint density at radius 3 is 2.82 bits per heavy atom. The molecule has 1 aromatic rings. The number of anilines is 1. The van der Waals surface area contributed by atoms with Crippen LogP contribution in [-0.2, 0) is 0 Å². The molecule has 0 radical (unpaired) electrons. The van der Waals surface area contributed by atoms with Crippen LogP contribution in [0.15, 0.2) is 36.4 Å². The Kier molecular flexibility index (Phi) is 5.57. The summed E-state index contributed by atoms with van der Waals surface area (Å²) in [5.41, 5.74) is 2.20. The maximum Gasteiger partial charge on any atom is 0.121 e. The molecule has 0 fully saturated rings. The molecule has 3 heteroatoms. The van der Waals surface area contributed by atoms with Crippen molar-refractivity contribution in [2.24, 2.45) is 0 Å². The molecular formula is C14H22N2O. The number of rotatable bonds is 7. The lowest BCUT2D eigenvalue weighted by Crippen LogP contribution is -2.18. The molecule has 1 aromatic carbocycles. The van der Waals surface area contributed by atoms with E-state index in [1.165, 1.54) is 0 Å². The first-order chi connectivity index (χ1) is 8.13. The molecule has 0 unspecified atom stereocenters. The predicted octanol–water partition coefficient (Wildman–Crippen LogP) is 2.30. The zero-order valence-electron chi connectivity index (χ0n) is 11.0. The third-order valence-corrected chi connectivity index (χ3v) is 2.40. The number of benzene rings is 1. The second-order valence-corrected chi connectivity index (χ2v) is 4.21. The Labute approximate surface area is 104 Å². The average Bonchev–Trinajstić information content (AvgIpc) is 2.34. The fraction of sp³-hybridized carbons (Fsp3) is 0.429. The highest BCUT2D eigenvalue weighted by molar-refractivity contribution is 5.49. The summed E-state index contributed by atoms with van der Waals surface area (Å²) in [6.45, 7) is 8.37. The number of likely N-dealkylation sites (N-methyl/N-ethyl adjacent to an activating group) is 1. The minimum absolute atomic E-state index is 0.559. The molecular weight excluding hydrogens is 212 g/mol. The summed E-state index contributed by atoms with van der Waals surface area (Å²) in [7, 11) is 4.03. The van der Waals surface area contributed by atoms with E-state index in [1.807, 2.05) is 32.3 Å². The lowest BCUT2D eigenvalue weighted by molar-refractivity contribution is 0.348. The topological polar surface area (TPSA) is 24.5 Å². The van der Waals surface area contributed by atoms with E-state index >= 15 is 0 Å². The van der Waals surface area contributed by atoms with E-state index < -0.39 is 0 Å². The molecule has 0 aromatic heterocycles. The van der Waals surface area contributed by atoms with Gasteiger partial charge in [-0.1, -0.05) is 19.6 Å². The fourth-order valence-corrected chi connectivity index (χ4v) is 1.39. The molecule has 0 saturated heterocycles. The van der Waals surface area contributed by atoms with Gasteiger partial charge in [0.1, 0.15) is 12.4 Å². The Balaban J connectivity index is 2.46. The van der Waals surface area contributed by atoms with Crippen LogP contribution in [0, 0.1) is 0 Å². The van der Waals surface area contributed by atoms with E-state index in [2.05, 4.69) is 29.8 Å². The molecule has 0 saturated carbocycles. The minimum atomic E-state index is 0.559. The van der Waals surface area contributed by atoms with Crippen molar-refractivity contribution in [3.8, 4) is 5.75 Å². The molecule has 0 amide bonds. The summed E-state index contributed by atoms with van der Waals surface area (Å²) >= 11 is 0. The van der Waals surface area contributed by atoms with E-state index in [1.54, 1.807) is 0 Å². The normalized spacial score (nSPS) is 10.1. The van der Waals surface area contributed by atoms with Crippen molar-refractivity contribution in [1.82, 2.24) is 5.32 Å². The van der Waals surface area contributed by atoms with E-state index in [0.29, 0.717) is 6.61 Å². The number of nitrogens with one attached hydrogen (secondary N) is 1. The summed E-state index contributed by atoms with van der Waals surface area (Å²) in [6, 6.07) is 8.05. The summed E-state index contributed by atoms with van der Waals surface area (Å²) in [4.78, 5) is 2.06. The molecule has 0 atom stereocenters. The molecule has 17 heavy (non-hydrogen) atoms. The smallest absolute Gasteiger partial charge is 0.121 e. The third kappa shape index (κ3) is 4.91. The van der Waals surface area contributed by atoms with Crippen molar-refractivity contribution in [2.45, 2.75) is 6.92 Å². The first kappa shape index (κ1) is 13.6. The lowest BCUT2D eigenvalue weighted by atomic mass is 10.3. The van der Waals surface area contributed by atoms with Gasteiger partial charge in [-0.2, -0.15) is 0 Å². The molecule has 0 aliphatic carbocycles. The number of nitrogens with zero attached hydrogens (tertiary/aromatic N) is 1. The maximum atomic E-state index is 5.69. The SMILES string of the molecule is C=C(CNCC)COc1cccc(N(C)C)c1. The highest BCUT2D eigenvalue weighted by Crippen LogP contribution is 2.19. The summed E-state index contributed by atoms with van der Waals surface area (Å²) < 4.78 is 5.69. The quantitative estimate of drug-likeness (QED) is 0.733. The molecule has 0 aliphatic rings. The van der Waals surface area contributed by atoms with Gasteiger partial charge in [0.15, 0.2) is 0 Å². The fourth-order valence-electron chi connectivity index (χ4n) is 1.39. The van der Waals surface area contributed by atoms with Crippen molar-refractivity contribution in [2.75, 3.05) is 38.7 Å². The highest BCUT2D eigenvalue weighted by atomic mass is 16.5. The van der Waals surface area contributed by atoms with Gasteiger partial charge in [0, 0.05) is 32.4 Å². The van der Waals surface area contributed by atoms with Gasteiger partial charge in [-0.25, -0.2) is 0 Å². The van der Waals surface area contributed by atoms with Crippen molar-refractivity contribution < 1.29 is 4.74 Å². The first-order valence-corrected chi connectivity index (χ1v) is 5.91. The van der Waals surface area contributed by atoms with Crippen LogP contribution in [0.2, 0.25) is 0 Å². The first-order valence-electron chi connectivity index (χ1n) is 5.91. The number of hydrogen-bond donors (Lipinski definition) is 1. The Hall–Kier alpha value is -1.48. The van der Waals surface area contributed by atoms with Gasteiger partial charge in [-0.15, -0.1) is 0 Å². The largest absolute Gasteiger partial charge is 0.489 e. The molecule has 0 aliphatic heterocycles. The van der Waals surface area contributed by atoms with Gasteiger partial charge >= 0.3 is 0 Å². The molecule has 94 valence electrons. The number of hydrogen-bond acceptors (Lipinski definition) is 3. The lowest BCUT2D eigenvalue weighted by Gasteiger charge is -2.14. The van der Waals surface area contributed by atoms with Crippen LogP contribution < -0.4 is 15.0 Å². The van der Waals surface area contributed by atoms with Crippen LogP contribution in [0.25, 0.3) is 0 Å². The van der Waals surface area contributed by atoms with E-state index in [4.69, 9.17) is 4.74 Å². The van der Waals surface area contributed by atoms with Crippen LogP contribution in [0.5, 0.6) is 5.75 Å². The molecule has 0 bridgehead atoms. The van der Waals surface area contributed by atoms with E-state index in [9.17, 15) is 0 Å². The van der Waals surface area contributed by atoms with Crippen LogP contribution >= 0.6 is 0 Å².